The van der Waals surface area contributed by atoms with E-state index in [-0.39, 0.29) is 5.78 Å². The van der Waals surface area contributed by atoms with Gasteiger partial charge in [0.05, 0.1) is 11.4 Å². The van der Waals surface area contributed by atoms with Gasteiger partial charge in [-0.3, -0.25) is 4.79 Å². The predicted octanol–water partition coefficient (Wildman–Crippen LogP) is 2.45. The van der Waals surface area contributed by atoms with Crippen LogP contribution in [0.25, 0.3) is 0 Å². The van der Waals surface area contributed by atoms with Crippen molar-refractivity contribution in [2.75, 3.05) is 0 Å². The molecule has 1 aliphatic carbocycles. The molecular formula is C12H7NO. The molecule has 0 radical (unpaired) electrons. The molecule has 1 aromatic rings. The lowest BCUT2D eigenvalue weighted by Crippen LogP contribution is -2.13. The molecule has 14 heavy (non-hydrogen) atoms. The molecule has 0 atom stereocenters. The SMILES string of the molecule is O=C1C2=CC=CC2=Nc2ccccc21. The number of hydrogen-bond acceptors (Lipinski definition) is 2. The number of carbonyl (C=O) groups is 1. The fourth-order valence-corrected chi connectivity index (χ4v) is 1.74. The largest absolute Gasteiger partial charge is 0.288 e. The van der Waals surface area contributed by atoms with Gasteiger partial charge < -0.3 is 0 Å². The summed E-state index contributed by atoms with van der Waals surface area (Å²) in [5.41, 5.74) is 2.97. The van der Waals surface area contributed by atoms with Crippen molar-refractivity contribution in [2.24, 2.45) is 4.99 Å². The third kappa shape index (κ3) is 0.852. The number of ketones is 1. The molecule has 0 aromatic heterocycles. The fourth-order valence-electron chi connectivity index (χ4n) is 1.74. The zero-order valence-electron chi connectivity index (χ0n) is 7.40. The van der Waals surface area contributed by atoms with Gasteiger partial charge in [-0.25, -0.2) is 4.99 Å². The zero-order valence-corrected chi connectivity index (χ0v) is 7.40. The van der Waals surface area contributed by atoms with Crippen molar-refractivity contribution in [1.82, 2.24) is 0 Å². The Morgan fingerprint density at radius 3 is 2.93 bits per heavy atom. The Kier molecular flexibility index (Phi) is 1.34. The molecule has 0 fully saturated rings. The summed E-state index contributed by atoms with van der Waals surface area (Å²) >= 11 is 0. The van der Waals surface area contributed by atoms with Crippen LogP contribution in [0.2, 0.25) is 0 Å². The number of rotatable bonds is 0. The van der Waals surface area contributed by atoms with Gasteiger partial charge in [-0.05, 0) is 24.3 Å². The highest BCUT2D eigenvalue weighted by Gasteiger charge is 2.24. The summed E-state index contributed by atoms with van der Waals surface area (Å²) in [7, 11) is 0. The first-order valence-corrected chi connectivity index (χ1v) is 4.47. The van der Waals surface area contributed by atoms with E-state index in [9.17, 15) is 4.79 Å². The Morgan fingerprint density at radius 1 is 1.14 bits per heavy atom. The summed E-state index contributed by atoms with van der Waals surface area (Å²) in [5, 5.41) is 0. The van der Waals surface area contributed by atoms with E-state index in [1.165, 1.54) is 0 Å². The molecule has 3 rings (SSSR count). The molecule has 0 N–H and O–H groups in total. The van der Waals surface area contributed by atoms with Crippen LogP contribution >= 0.6 is 0 Å². The van der Waals surface area contributed by atoms with Crippen LogP contribution in [0.4, 0.5) is 5.69 Å². The molecule has 0 spiro atoms. The van der Waals surface area contributed by atoms with E-state index in [1.807, 2.05) is 42.5 Å². The van der Waals surface area contributed by atoms with Crippen molar-refractivity contribution in [3.63, 3.8) is 0 Å². The van der Waals surface area contributed by atoms with Crippen LogP contribution in [0, 0.1) is 0 Å². The van der Waals surface area contributed by atoms with Crippen LogP contribution in [0.3, 0.4) is 0 Å². The van der Waals surface area contributed by atoms with Gasteiger partial charge in [-0.2, -0.15) is 0 Å². The molecule has 1 aliphatic heterocycles. The van der Waals surface area contributed by atoms with Crippen molar-refractivity contribution in [2.45, 2.75) is 0 Å². The molecular weight excluding hydrogens is 174 g/mol. The van der Waals surface area contributed by atoms with Gasteiger partial charge in [0.15, 0.2) is 5.78 Å². The number of carbonyl (C=O) groups excluding carboxylic acids is 1. The van der Waals surface area contributed by atoms with Gasteiger partial charge in [0, 0.05) is 11.1 Å². The fraction of sp³-hybridized carbons (Fsp3) is 0. The van der Waals surface area contributed by atoms with Crippen LogP contribution in [-0.2, 0) is 0 Å². The van der Waals surface area contributed by atoms with Crippen molar-refractivity contribution < 1.29 is 4.79 Å². The number of benzene rings is 1. The van der Waals surface area contributed by atoms with Gasteiger partial charge in [0.1, 0.15) is 0 Å². The normalized spacial score (nSPS) is 17.3. The summed E-state index contributed by atoms with van der Waals surface area (Å²) in [6, 6.07) is 7.43. The van der Waals surface area contributed by atoms with E-state index in [0.29, 0.717) is 11.1 Å². The van der Waals surface area contributed by atoms with Crippen molar-refractivity contribution in [3.05, 3.63) is 53.6 Å². The topological polar surface area (TPSA) is 29.4 Å². The maximum absolute atomic E-state index is 11.9. The van der Waals surface area contributed by atoms with E-state index in [0.717, 1.165) is 11.4 Å². The number of aliphatic imine (C=N–C) groups is 1. The predicted molar refractivity (Wildman–Crippen MR) is 55.1 cm³/mol. The summed E-state index contributed by atoms with van der Waals surface area (Å²) in [4.78, 5) is 16.3. The Morgan fingerprint density at radius 2 is 2.00 bits per heavy atom. The monoisotopic (exact) mass is 181 g/mol. The first-order valence-electron chi connectivity index (χ1n) is 4.47. The van der Waals surface area contributed by atoms with Crippen molar-refractivity contribution in [1.29, 1.82) is 0 Å². The highest BCUT2D eigenvalue weighted by molar-refractivity contribution is 6.36. The van der Waals surface area contributed by atoms with Crippen LogP contribution in [0.1, 0.15) is 10.4 Å². The van der Waals surface area contributed by atoms with Crippen LogP contribution < -0.4 is 0 Å². The Bertz CT molecular complexity index is 521. The smallest absolute Gasteiger partial charge is 0.197 e. The lowest BCUT2D eigenvalue weighted by molar-refractivity contribution is 0.104. The zero-order chi connectivity index (χ0) is 9.54. The van der Waals surface area contributed by atoms with Gasteiger partial charge in [-0.1, -0.05) is 18.2 Å². The first kappa shape index (κ1) is 7.44. The molecule has 66 valence electrons. The minimum absolute atomic E-state index is 0.0793. The standard InChI is InChI=1S/C12H7NO/c14-12-8-4-1-2-6-10(8)13-11-7-3-5-9(11)12/h1-7H. The number of nitrogens with zero attached hydrogens (tertiary/aromatic N) is 1. The molecule has 1 aromatic carbocycles. The average molecular weight is 181 g/mol. The first-order chi connectivity index (χ1) is 6.86. The second-order valence-electron chi connectivity index (χ2n) is 3.28. The van der Waals surface area contributed by atoms with E-state index in [4.69, 9.17) is 0 Å². The number of fused-ring (bicyclic) bond motifs is 2. The molecule has 0 saturated heterocycles. The quantitative estimate of drug-likeness (QED) is 0.604. The minimum atomic E-state index is 0.0793. The maximum Gasteiger partial charge on any atom is 0.197 e. The lowest BCUT2D eigenvalue weighted by Gasteiger charge is -2.12. The second-order valence-corrected chi connectivity index (χ2v) is 3.28. The van der Waals surface area contributed by atoms with E-state index in [2.05, 4.69) is 4.99 Å². The number of Topliss-reactive ketones (excluding diaryl/α,β-unsaturated/α-hetero) is 1. The summed E-state index contributed by atoms with van der Waals surface area (Å²) in [6.07, 6.45) is 5.54. The molecule has 0 bridgehead atoms. The van der Waals surface area contributed by atoms with E-state index >= 15 is 0 Å². The van der Waals surface area contributed by atoms with Crippen LogP contribution in [-0.4, -0.2) is 11.5 Å². The van der Waals surface area contributed by atoms with Crippen LogP contribution in [0.5, 0.6) is 0 Å². The van der Waals surface area contributed by atoms with Gasteiger partial charge >= 0.3 is 0 Å². The Balaban J connectivity index is 2.31. The molecule has 2 nitrogen and oxygen atoms in total. The second kappa shape index (κ2) is 2.51. The van der Waals surface area contributed by atoms with Gasteiger partial charge in [0.2, 0.25) is 0 Å². The third-order valence-electron chi connectivity index (χ3n) is 2.43. The molecule has 2 heteroatoms. The summed E-state index contributed by atoms with van der Waals surface area (Å²) in [6.45, 7) is 0. The van der Waals surface area contributed by atoms with Gasteiger partial charge in [-0.15, -0.1) is 0 Å². The Hall–Kier alpha value is -1.96. The highest BCUT2D eigenvalue weighted by Crippen LogP contribution is 2.30. The summed E-state index contributed by atoms with van der Waals surface area (Å²) < 4.78 is 0. The third-order valence-corrected chi connectivity index (χ3v) is 2.43. The molecule has 2 aliphatic rings. The number of hydrogen-bond donors (Lipinski definition) is 0. The molecule has 0 amide bonds. The highest BCUT2D eigenvalue weighted by atomic mass is 16.1. The van der Waals surface area contributed by atoms with Crippen molar-refractivity contribution >= 4 is 17.2 Å². The van der Waals surface area contributed by atoms with Crippen LogP contribution in [0.15, 0.2) is 53.1 Å². The lowest BCUT2D eigenvalue weighted by atomic mass is 9.97. The maximum atomic E-state index is 11.9. The summed E-state index contributed by atoms with van der Waals surface area (Å²) in [5.74, 6) is 0.0793. The molecule has 0 unspecified atom stereocenters. The Labute approximate surface area is 81.3 Å². The van der Waals surface area contributed by atoms with E-state index < -0.39 is 0 Å². The number of para-hydroxylation sites is 1. The minimum Gasteiger partial charge on any atom is -0.288 e. The average Bonchev–Trinajstić information content (AvgIpc) is 2.66. The van der Waals surface area contributed by atoms with Gasteiger partial charge in [0.25, 0.3) is 0 Å². The molecule has 0 saturated carbocycles. The number of allylic oxidation sites excluding steroid dienone is 4. The van der Waals surface area contributed by atoms with Crippen molar-refractivity contribution in [3.8, 4) is 0 Å². The molecule has 1 heterocycles. The van der Waals surface area contributed by atoms with E-state index in [1.54, 1.807) is 0 Å².